The van der Waals surface area contributed by atoms with E-state index in [4.69, 9.17) is 0 Å². The Hall–Kier alpha value is -1.30. The summed E-state index contributed by atoms with van der Waals surface area (Å²) in [6.45, 7) is 22.0. The van der Waals surface area contributed by atoms with E-state index in [0.717, 1.165) is 12.8 Å². The highest BCUT2D eigenvalue weighted by Crippen LogP contribution is 2.30. The monoisotopic (exact) mass is 330 g/mol. The third kappa shape index (κ3) is 13.2. The van der Waals surface area contributed by atoms with Gasteiger partial charge in [-0.3, -0.25) is 0 Å². The van der Waals surface area contributed by atoms with Gasteiger partial charge in [-0.1, -0.05) is 108 Å². The first-order valence-corrected chi connectivity index (χ1v) is 9.53. The molecule has 0 fully saturated rings. The van der Waals surface area contributed by atoms with Gasteiger partial charge in [0.05, 0.1) is 0 Å². The van der Waals surface area contributed by atoms with Crippen LogP contribution in [0, 0.1) is 5.41 Å². The molecule has 0 saturated carbocycles. The Morgan fingerprint density at radius 1 is 0.792 bits per heavy atom. The minimum atomic E-state index is 0.202. The fraction of sp³-hybridized carbons (Fsp3) is 0.583. The highest BCUT2D eigenvalue weighted by molar-refractivity contribution is 5.35. The quantitative estimate of drug-likeness (QED) is 0.428. The minimum Gasteiger partial charge on any atom is -0.0819 e. The van der Waals surface area contributed by atoms with E-state index < -0.39 is 0 Å². The molecule has 0 rings (SSSR count). The molecule has 0 spiro atoms. The summed E-state index contributed by atoms with van der Waals surface area (Å²) in [5.41, 5.74) is 5.73. The smallest absolute Gasteiger partial charge is 0.0132 e. The molecule has 138 valence electrons. The van der Waals surface area contributed by atoms with Gasteiger partial charge in [0, 0.05) is 0 Å². The molecule has 0 N–H and O–H groups in total. The van der Waals surface area contributed by atoms with Crippen LogP contribution in [0.4, 0.5) is 0 Å². The standard InChI is InChI=1S/C21H34.C3H8/c1-9-12-17(3)13-11-14-18(4)15-16-20(19(5)10-2)21(6,7)8;1-3-2/h11-16H,9-10H2,1-8H3;3H2,1-2H3/b13-11+,16-15+,17-12+,18-14+,20-19-;. The molecule has 0 aliphatic carbocycles. The second-order valence-corrected chi connectivity index (χ2v) is 7.46. The normalized spacial score (nSPS) is 14.8. The summed E-state index contributed by atoms with van der Waals surface area (Å²) in [5.74, 6) is 0. The molecule has 0 atom stereocenters. The molecule has 0 aromatic heterocycles. The van der Waals surface area contributed by atoms with Gasteiger partial charge < -0.3 is 0 Å². The van der Waals surface area contributed by atoms with Crippen LogP contribution in [0.15, 0.2) is 58.7 Å². The number of hydrogen-bond donors (Lipinski definition) is 0. The van der Waals surface area contributed by atoms with E-state index in [1.165, 1.54) is 28.7 Å². The van der Waals surface area contributed by atoms with E-state index in [1.807, 2.05) is 0 Å². The van der Waals surface area contributed by atoms with Gasteiger partial charge in [-0.05, 0) is 44.6 Å². The van der Waals surface area contributed by atoms with Crippen LogP contribution in [0.2, 0.25) is 0 Å². The molecular weight excluding hydrogens is 288 g/mol. The van der Waals surface area contributed by atoms with Crippen molar-refractivity contribution >= 4 is 0 Å². The Morgan fingerprint density at radius 3 is 1.75 bits per heavy atom. The van der Waals surface area contributed by atoms with Crippen molar-refractivity contribution in [3.05, 3.63) is 58.7 Å². The summed E-state index contributed by atoms with van der Waals surface area (Å²) in [7, 11) is 0. The summed E-state index contributed by atoms with van der Waals surface area (Å²) in [5, 5.41) is 0. The predicted octanol–water partition coefficient (Wildman–Crippen LogP) is 8.59. The molecule has 0 nitrogen and oxygen atoms in total. The Labute approximate surface area is 153 Å². The van der Waals surface area contributed by atoms with Crippen molar-refractivity contribution in [1.82, 2.24) is 0 Å². The molecule has 0 aliphatic rings. The average molecular weight is 331 g/mol. The third-order valence-corrected chi connectivity index (χ3v) is 3.56. The van der Waals surface area contributed by atoms with Gasteiger partial charge >= 0.3 is 0 Å². The van der Waals surface area contributed by atoms with Crippen LogP contribution in [-0.4, -0.2) is 0 Å². The highest BCUT2D eigenvalue weighted by atomic mass is 14.2. The Morgan fingerprint density at radius 2 is 1.33 bits per heavy atom. The summed E-state index contributed by atoms with van der Waals surface area (Å²) < 4.78 is 0. The van der Waals surface area contributed by atoms with E-state index in [1.54, 1.807) is 0 Å². The number of allylic oxidation sites excluding steroid dienone is 10. The predicted molar refractivity (Wildman–Crippen MR) is 114 cm³/mol. The molecule has 24 heavy (non-hydrogen) atoms. The first-order chi connectivity index (χ1) is 11.1. The lowest BCUT2D eigenvalue weighted by Gasteiger charge is -2.23. The largest absolute Gasteiger partial charge is 0.0819 e. The summed E-state index contributed by atoms with van der Waals surface area (Å²) in [4.78, 5) is 0. The molecule has 0 heterocycles. The summed E-state index contributed by atoms with van der Waals surface area (Å²) in [6, 6.07) is 0. The van der Waals surface area contributed by atoms with Gasteiger partial charge in [-0.25, -0.2) is 0 Å². The fourth-order valence-electron chi connectivity index (χ4n) is 2.23. The lowest BCUT2D eigenvalue weighted by Crippen LogP contribution is -2.09. The van der Waals surface area contributed by atoms with Crippen LogP contribution in [0.25, 0.3) is 0 Å². The zero-order chi connectivity index (χ0) is 19.2. The molecule has 0 bridgehead atoms. The van der Waals surface area contributed by atoms with Crippen molar-refractivity contribution in [2.24, 2.45) is 5.41 Å². The van der Waals surface area contributed by atoms with E-state index in [0.29, 0.717) is 0 Å². The van der Waals surface area contributed by atoms with Crippen LogP contribution in [0.3, 0.4) is 0 Å². The Bertz CT molecular complexity index is 471. The van der Waals surface area contributed by atoms with E-state index in [2.05, 4.69) is 106 Å². The summed E-state index contributed by atoms with van der Waals surface area (Å²) >= 11 is 0. The second-order valence-electron chi connectivity index (χ2n) is 7.46. The average Bonchev–Trinajstić information content (AvgIpc) is 2.46. The van der Waals surface area contributed by atoms with Gasteiger partial charge in [-0.2, -0.15) is 0 Å². The maximum atomic E-state index is 2.28. The van der Waals surface area contributed by atoms with E-state index >= 15 is 0 Å². The van der Waals surface area contributed by atoms with Crippen molar-refractivity contribution in [1.29, 1.82) is 0 Å². The van der Waals surface area contributed by atoms with Crippen LogP contribution < -0.4 is 0 Å². The lowest BCUT2D eigenvalue weighted by molar-refractivity contribution is 0.510. The van der Waals surface area contributed by atoms with Crippen molar-refractivity contribution < 1.29 is 0 Å². The van der Waals surface area contributed by atoms with Gasteiger partial charge in [-0.15, -0.1) is 0 Å². The number of rotatable bonds is 6. The molecule has 0 saturated heterocycles. The van der Waals surface area contributed by atoms with Crippen molar-refractivity contribution in [3.63, 3.8) is 0 Å². The summed E-state index contributed by atoms with van der Waals surface area (Å²) in [6.07, 6.45) is 16.7. The van der Waals surface area contributed by atoms with Gasteiger partial charge in [0.2, 0.25) is 0 Å². The van der Waals surface area contributed by atoms with Crippen LogP contribution in [0.1, 0.15) is 88.5 Å². The van der Waals surface area contributed by atoms with Gasteiger partial charge in [0.25, 0.3) is 0 Å². The molecule has 0 aliphatic heterocycles. The maximum absolute atomic E-state index is 2.28. The Balaban J connectivity index is 0. The zero-order valence-electron chi connectivity index (χ0n) is 18.1. The topological polar surface area (TPSA) is 0 Å². The fourth-order valence-corrected chi connectivity index (χ4v) is 2.23. The first-order valence-electron chi connectivity index (χ1n) is 9.53. The van der Waals surface area contributed by atoms with Crippen molar-refractivity contribution in [3.8, 4) is 0 Å². The van der Waals surface area contributed by atoms with Crippen LogP contribution >= 0.6 is 0 Å². The minimum absolute atomic E-state index is 0.202. The molecule has 0 unspecified atom stereocenters. The molecule has 0 aromatic carbocycles. The van der Waals surface area contributed by atoms with Crippen LogP contribution in [0.5, 0.6) is 0 Å². The van der Waals surface area contributed by atoms with Gasteiger partial charge in [0.1, 0.15) is 0 Å². The van der Waals surface area contributed by atoms with Crippen molar-refractivity contribution in [2.75, 3.05) is 0 Å². The zero-order valence-corrected chi connectivity index (χ0v) is 18.1. The van der Waals surface area contributed by atoms with E-state index in [9.17, 15) is 0 Å². The maximum Gasteiger partial charge on any atom is -0.0132 e. The first kappa shape index (κ1) is 24.9. The lowest BCUT2D eigenvalue weighted by atomic mass is 9.82. The Kier molecular flexibility index (Phi) is 14.6. The van der Waals surface area contributed by atoms with Gasteiger partial charge in [0.15, 0.2) is 0 Å². The van der Waals surface area contributed by atoms with Crippen molar-refractivity contribution in [2.45, 2.75) is 88.5 Å². The highest BCUT2D eigenvalue weighted by Gasteiger charge is 2.16. The van der Waals surface area contributed by atoms with Crippen LogP contribution in [-0.2, 0) is 0 Å². The molecular formula is C24H42. The third-order valence-electron chi connectivity index (χ3n) is 3.56. The SMILES string of the molecule is CC/C=C(C)/C=C/C=C(C)/C=C/C(=C(\C)CC)C(C)(C)C.CCC. The van der Waals surface area contributed by atoms with E-state index in [-0.39, 0.29) is 5.41 Å². The molecule has 0 heteroatoms. The molecule has 0 aromatic rings. The number of hydrogen-bond acceptors (Lipinski definition) is 0. The second kappa shape index (κ2) is 14.1. The molecule has 0 amide bonds. The molecule has 0 radical (unpaired) electrons.